The first-order valence-corrected chi connectivity index (χ1v) is 5.06. The van der Waals surface area contributed by atoms with E-state index in [-0.39, 0.29) is 5.82 Å². The zero-order valence-electron chi connectivity index (χ0n) is 9.29. The van der Waals surface area contributed by atoms with E-state index in [2.05, 4.69) is 4.98 Å². The third kappa shape index (κ3) is 1.89. The predicted molar refractivity (Wildman–Crippen MR) is 63.5 cm³/mol. The van der Waals surface area contributed by atoms with Gasteiger partial charge in [-0.25, -0.2) is 4.39 Å². The Bertz CT molecular complexity index is 535. The number of rotatable bonds is 1. The van der Waals surface area contributed by atoms with E-state index >= 15 is 0 Å². The van der Waals surface area contributed by atoms with Gasteiger partial charge in [0.15, 0.2) is 0 Å². The minimum absolute atomic E-state index is 0.297. The summed E-state index contributed by atoms with van der Waals surface area (Å²) in [5.41, 5.74) is 9.21. The SMILES string of the molecule is Cc1cc(-c2ccc(N)cc2F)c(C)cn1. The summed E-state index contributed by atoms with van der Waals surface area (Å²) < 4.78 is 13.7. The van der Waals surface area contributed by atoms with Crippen LogP contribution in [0.2, 0.25) is 0 Å². The number of aryl methyl sites for hydroxylation is 2. The zero-order chi connectivity index (χ0) is 11.7. The fraction of sp³-hybridized carbons (Fsp3) is 0.154. The lowest BCUT2D eigenvalue weighted by Gasteiger charge is -2.08. The number of benzene rings is 1. The Kier molecular flexibility index (Phi) is 2.60. The van der Waals surface area contributed by atoms with E-state index in [0.29, 0.717) is 11.3 Å². The summed E-state index contributed by atoms with van der Waals surface area (Å²) in [4.78, 5) is 4.16. The number of nitrogens with two attached hydrogens (primary N) is 1. The molecule has 3 heteroatoms. The van der Waals surface area contributed by atoms with Gasteiger partial charge in [0, 0.05) is 23.1 Å². The molecule has 1 aromatic heterocycles. The highest BCUT2D eigenvalue weighted by atomic mass is 19.1. The average molecular weight is 216 g/mol. The summed E-state index contributed by atoms with van der Waals surface area (Å²) in [5, 5.41) is 0. The molecule has 0 atom stereocenters. The third-order valence-corrected chi connectivity index (χ3v) is 2.52. The summed E-state index contributed by atoms with van der Waals surface area (Å²) >= 11 is 0. The summed E-state index contributed by atoms with van der Waals surface area (Å²) in [6, 6.07) is 6.62. The second-order valence-electron chi connectivity index (χ2n) is 3.88. The summed E-state index contributed by atoms with van der Waals surface area (Å²) in [7, 11) is 0. The molecule has 0 bridgehead atoms. The molecule has 2 N–H and O–H groups in total. The second kappa shape index (κ2) is 3.93. The maximum atomic E-state index is 13.7. The van der Waals surface area contributed by atoms with E-state index in [9.17, 15) is 4.39 Å². The van der Waals surface area contributed by atoms with Gasteiger partial charge in [0.05, 0.1) is 0 Å². The van der Waals surface area contributed by atoms with Crippen molar-refractivity contribution in [3.8, 4) is 11.1 Å². The van der Waals surface area contributed by atoms with Crippen molar-refractivity contribution in [1.82, 2.24) is 4.98 Å². The average Bonchev–Trinajstić information content (AvgIpc) is 2.22. The van der Waals surface area contributed by atoms with Crippen LogP contribution in [-0.2, 0) is 0 Å². The summed E-state index contributed by atoms with van der Waals surface area (Å²) in [6.07, 6.45) is 1.75. The Morgan fingerprint density at radius 1 is 1.12 bits per heavy atom. The Balaban J connectivity index is 2.62. The third-order valence-electron chi connectivity index (χ3n) is 2.52. The van der Waals surface area contributed by atoms with E-state index in [1.807, 2.05) is 19.9 Å². The molecule has 0 aliphatic heterocycles. The first-order chi connectivity index (χ1) is 7.58. The number of pyridine rings is 1. The lowest BCUT2D eigenvalue weighted by molar-refractivity contribution is 0.632. The molecular formula is C13H13FN2. The standard InChI is InChI=1S/C13H13FN2/c1-8-7-16-9(2)5-12(8)11-4-3-10(15)6-13(11)14/h3-7H,15H2,1-2H3. The number of halogens is 1. The maximum absolute atomic E-state index is 13.7. The normalized spacial score (nSPS) is 10.4. The zero-order valence-corrected chi connectivity index (χ0v) is 9.29. The van der Waals surface area contributed by atoms with Crippen molar-refractivity contribution >= 4 is 5.69 Å². The number of hydrogen-bond donors (Lipinski definition) is 1. The number of nitrogen functional groups attached to an aromatic ring is 1. The molecule has 1 heterocycles. The molecule has 0 amide bonds. The second-order valence-corrected chi connectivity index (χ2v) is 3.88. The first-order valence-electron chi connectivity index (χ1n) is 5.06. The van der Waals surface area contributed by atoms with Crippen LogP contribution in [0.1, 0.15) is 11.3 Å². The van der Waals surface area contributed by atoms with Crippen LogP contribution >= 0.6 is 0 Å². The Hall–Kier alpha value is -1.90. The molecule has 82 valence electrons. The van der Waals surface area contributed by atoms with Crippen LogP contribution in [0.15, 0.2) is 30.5 Å². The molecule has 16 heavy (non-hydrogen) atoms. The van der Waals surface area contributed by atoms with Crippen LogP contribution in [0.3, 0.4) is 0 Å². The van der Waals surface area contributed by atoms with Crippen LogP contribution in [0.25, 0.3) is 11.1 Å². The molecule has 0 aliphatic carbocycles. The summed E-state index contributed by atoms with van der Waals surface area (Å²) in [5.74, 6) is -0.297. The van der Waals surface area contributed by atoms with Gasteiger partial charge < -0.3 is 5.73 Å². The van der Waals surface area contributed by atoms with Gasteiger partial charge in [0.2, 0.25) is 0 Å². The van der Waals surface area contributed by atoms with Gasteiger partial charge in [-0.05, 0) is 49.2 Å². The van der Waals surface area contributed by atoms with E-state index in [4.69, 9.17) is 5.73 Å². The quantitative estimate of drug-likeness (QED) is 0.744. The molecule has 0 unspecified atom stereocenters. The van der Waals surface area contributed by atoms with Gasteiger partial charge in [-0.1, -0.05) is 0 Å². The van der Waals surface area contributed by atoms with E-state index in [0.717, 1.165) is 16.8 Å². The van der Waals surface area contributed by atoms with Gasteiger partial charge in [0.1, 0.15) is 5.82 Å². The topological polar surface area (TPSA) is 38.9 Å². The first kappa shape index (κ1) is 10.6. The lowest BCUT2D eigenvalue weighted by atomic mass is 10.0. The smallest absolute Gasteiger partial charge is 0.133 e. The molecular weight excluding hydrogens is 203 g/mol. The number of aromatic nitrogens is 1. The molecule has 0 aliphatic rings. The lowest BCUT2D eigenvalue weighted by Crippen LogP contribution is -1.93. The molecule has 0 saturated heterocycles. The van der Waals surface area contributed by atoms with Crippen LogP contribution in [0.5, 0.6) is 0 Å². The van der Waals surface area contributed by atoms with Crippen molar-refractivity contribution in [2.45, 2.75) is 13.8 Å². The van der Waals surface area contributed by atoms with Gasteiger partial charge in [-0.3, -0.25) is 4.98 Å². The van der Waals surface area contributed by atoms with Crippen LogP contribution < -0.4 is 5.73 Å². The number of hydrogen-bond acceptors (Lipinski definition) is 2. The molecule has 0 spiro atoms. The highest BCUT2D eigenvalue weighted by Gasteiger charge is 2.08. The molecule has 1 aromatic carbocycles. The van der Waals surface area contributed by atoms with Crippen molar-refractivity contribution in [3.05, 3.63) is 47.5 Å². The molecule has 2 nitrogen and oxygen atoms in total. The van der Waals surface area contributed by atoms with Crippen molar-refractivity contribution < 1.29 is 4.39 Å². The Morgan fingerprint density at radius 2 is 1.88 bits per heavy atom. The molecule has 0 radical (unpaired) electrons. The Labute approximate surface area is 93.9 Å². The highest BCUT2D eigenvalue weighted by molar-refractivity contribution is 5.69. The van der Waals surface area contributed by atoms with Gasteiger partial charge in [-0.15, -0.1) is 0 Å². The molecule has 2 aromatic rings. The van der Waals surface area contributed by atoms with E-state index < -0.39 is 0 Å². The monoisotopic (exact) mass is 216 g/mol. The fourth-order valence-corrected chi connectivity index (χ4v) is 1.67. The van der Waals surface area contributed by atoms with Crippen LogP contribution in [-0.4, -0.2) is 4.98 Å². The molecule has 2 rings (SSSR count). The molecule has 0 fully saturated rings. The minimum Gasteiger partial charge on any atom is -0.399 e. The fourth-order valence-electron chi connectivity index (χ4n) is 1.67. The van der Waals surface area contributed by atoms with E-state index in [1.165, 1.54) is 6.07 Å². The van der Waals surface area contributed by atoms with Crippen molar-refractivity contribution in [2.24, 2.45) is 0 Å². The highest BCUT2D eigenvalue weighted by Crippen LogP contribution is 2.27. The number of anilines is 1. The number of nitrogens with zero attached hydrogens (tertiary/aromatic N) is 1. The summed E-state index contributed by atoms with van der Waals surface area (Å²) in [6.45, 7) is 3.80. The van der Waals surface area contributed by atoms with Crippen LogP contribution in [0, 0.1) is 19.7 Å². The van der Waals surface area contributed by atoms with Crippen molar-refractivity contribution in [1.29, 1.82) is 0 Å². The maximum Gasteiger partial charge on any atom is 0.133 e. The van der Waals surface area contributed by atoms with Crippen LogP contribution in [0.4, 0.5) is 10.1 Å². The van der Waals surface area contributed by atoms with Gasteiger partial charge in [0.25, 0.3) is 0 Å². The minimum atomic E-state index is -0.297. The predicted octanol–water partition coefficient (Wildman–Crippen LogP) is 3.09. The van der Waals surface area contributed by atoms with Crippen molar-refractivity contribution in [3.63, 3.8) is 0 Å². The largest absolute Gasteiger partial charge is 0.399 e. The van der Waals surface area contributed by atoms with E-state index in [1.54, 1.807) is 18.3 Å². The Morgan fingerprint density at radius 3 is 2.56 bits per heavy atom. The van der Waals surface area contributed by atoms with Gasteiger partial charge >= 0.3 is 0 Å². The molecule has 0 saturated carbocycles. The van der Waals surface area contributed by atoms with Crippen molar-refractivity contribution in [2.75, 3.05) is 5.73 Å². The van der Waals surface area contributed by atoms with Gasteiger partial charge in [-0.2, -0.15) is 0 Å².